The van der Waals surface area contributed by atoms with Crippen molar-refractivity contribution in [1.82, 2.24) is 14.9 Å². The second-order valence-corrected chi connectivity index (χ2v) is 8.70. The van der Waals surface area contributed by atoms with Gasteiger partial charge in [-0.3, -0.25) is 4.79 Å². The van der Waals surface area contributed by atoms with E-state index in [1.807, 2.05) is 13.8 Å². The van der Waals surface area contributed by atoms with Crippen LogP contribution < -0.4 is 10.1 Å². The van der Waals surface area contributed by atoms with Gasteiger partial charge in [0.15, 0.2) is 0 Å². The van der Waals surface area contributed by atoms with Crippen molar-refractivity contribution < 1.29 is 23.4 Å². The number of nitrogens with zero attached hydrogens (tertiary/aromatic N) is 2. The van der Waals surface area contributed by atoms with E-state index in [-0.39, 0.29) is 29.7 Å². The lowest BCUT2D eigenvalue weighted by molar-refractivity contribution is 0.0928. The summed E-state index contributed by atoms with van der Waals surface area (Å²) in [6, 6.07) is 11.4. The van der Waals surface area contributed by atoms with Crippen LogP contribution in [0.5, 0.6) is 11.5 Å². The van der Waals surface area contributed by atoms with Gasteiger partial charge < -0.3 is 15.2 Å². The molecule has 0 spiro atoms. The van der Waals surface area contributed by atoms with Crippen LogP contribution >= 0.6 is 0 Å². The highest BCUT2D eigenvalue weighted by atomic mass is 19.1. The van der Waals surface area contributed by atoms with Crippen LogP contribution in [0.1, 0.15) is 53.1 Å². The highest BCUT2D eigenvalue weighted by molar-refractivity contribution is 5.97. The minimum Gasteiger partial charge on any atom is -0.508 e. The van der Waals surface area contributed by atoms with Gasteiger partial charge in [-0.1, -0.05) is 19.9 Å². The maximum Gasteiger partial charge on any atom is 0.253 e. The van der Waals surface area contributed by atoms with Crippen LogP contribution in [0.15, 0.2) is 48.5 Å². The predicted octanol–water partition coefficient (Wildman–Crippen LogP) is 5.28. The van der Waals surface area contributed by atoms with Crippen molar-refractivity contribution in [2.75, 3.05) is 6.61 Å². The standard InChI is InChI=1S/C26H23F2N3O3/c1-13(2)25-16(26(33)29-20-12-34-22-10-7-15(32)11-17(20)22)8-9-21-23(14(3)30-31(21)25)24-18(27)5-4-6-19(24)28/h4-11,13,20,32H,12H2,1-3H3,(H,29,33). The molecule has 6 nitrogen and oxygen atoms in total. The van der Waals surface area contributed by atoms with Crippen molar-refractivity contribution in [2.45, 2.75) is 32.7 Å². The molecule has 5 rings (SSSR count). The van der Waals surface area contributed by atoms with Gasteiger partial charge >= 0.3 is 0 Å². The fraction of sp³-hybridized carbons (Fsp3) is 0.231. The quantitative estimate of drug-likeness (QED) is 0.432. The first-order valence-corrected chi connectivity index (χ1v) is 11.0. The Balaban J connectivity index is 1.59. The van der Waals surface area contributed by atoms with E-state index in [4.69, 9.17) is 4.74 Å². The Morgan fingerprint density at radius 2 is 1.88 bits per heavy atom. The molecule has 8 heteroatoms. The summed E-state index contributed by atoms with van der Waals surface area (Å²) in [6.45, 7) is 5.80. The molecule has 1 aliphatic heterocycles. The molecule has 1 atom stereocenters. The number of aromatic nitrogens is 2. The molecule has 4 aromatic rings. The van der Waals surface area contributed by atoms with Crippen LogP contribution in [0.3, 0.4) is 0 Å². The minimum atomic E-state index is -0.672. The van der Waals surface area contributed by atoms with Crippen LogP contribution in [-0.4, -0.2) is 27.2 Å². The van der Waals surface area contributed by atoms with E-state index < -0.39 is 17.7 Å². The van der Waals surface area contributed by atoms with Crippen molar-refractivity contribution >= 4 is 11.4 Å². The number of hydrogen-bond acceptors (Lipinski definition) is 4. The molecule has 0 saturated heterocycles. The molecule has 2 N–H and O–H groups in total. The van der Waals surface area contributed by atoms with E-state index in [2.05, 4.69) is 10.4 Å². The number of carbonyl (C=O) groups excluding carboxylic acids is 1. The molecule has 1 aliphatic rings. The number of aromatic hydroxyl groups is 1. The Kier molecular flexibility index (Phi) is 5.23. The Morgan fingerprint density at radius 1 is 1.15 bits per heavy atom. The molecule has 0 radical (unpaired) electrons. The van der Waals surface area contributed by atoms with E-state index in [1.165, 1.54) is 24.3 Å². The Hall–Kier alpha value is -3.94. The molecule has 3 heterocycles. The fourth-order valence-electron chi connectivity index (χ4n) is 4.60. The maximum atomic E-state index is 14.6. The van der Waals surface area contributed by atoms with E-state index in [0.29, 0.717) is 39.3 Å². The van der Waals surface area contributed by atoms with Crippen molar-refractivity contribution in [1.29, 1.82) is 0 Å². The number of hydrogen-bond donors (Lipinski definition) is 2. The average molecular weight is 463 g/mol. The summed E-state index contributed by atoms with van der Waals surface area (Å²) < 4.78 is 36.4. The fourth-order valence-corrected chi connectivity index (χ4v) is 4.60. The van der Waals surface area contributed by atoms with Gasteiger partial charge in [-0.15, -0.1) is 0 Å². The first-order chi connectivity index (χ1) is 16.3. The summed E-state index contributed by atoms with van der Waals surface area (Å²) in [5, 5.41) is 17.4. The number of ether oxygens (including phenoxy) is 1. The van der Waals surface area contributed by atoms with Crippen molar-refractivity contribution in [3.8, 4) is 22.6 Å². The number of fused-ring (bicyclic) bond motifs is 2. The lowest BCUT2D eigenvalue weighted by atomic mass is 9.99. The summed E-state index contributed by atoms with van der Waals surface area (Å²) in [4.78, 5) is 13.3. The summed E-state index contributed by atoms with van der Waals surface area (Å²) >= 11 is 0. The number of benzene rings is 2. The smallest absolute Gasteiger partial charge is 0.253 e. The second-order valence-electron chi connectivity index (χ2n) is 8.70. The van der Waals surface area contributed by atoms with Crippen molar-refractivity contribution in [3.63, 3.8) is 0 Å². The third-order valence-corrected chi connectivity index (χ3v) is 6.09. The first kappa shape index (κ1) is 21.9. The number of rotatable bonds is 4. The number of halogens is 2. The molecule has 1 amide bonds. The van der Waals surface area contributed by atoms with Gasteiger partial charge in [0, 0.05) is 11.1 Å². The van der Waals surface area contributed by atoms with Crippen molar-refractivity contribution in [3.05, 3.63) is 82.7 Å². The van der Waals surface area contributed by atoms with Crippen LogP contribution in [-0.2, 0) is 0 Å². The topological polar surface area (TPSA) is 75.9 Å². The van der Waals surface area contributed by atoms with Gasteiger partial charge in [0.1, 0.15) is 29.7 Å². The summed E-state index contributed by atoms with van der Waals surface area (Å²) in [5.41, 5.74) is 2.92. The third-order valence-electron chi connectivity index (χ3n) is 6.09. The largest absolute Gasteiger partial charge is 0.508 e. The normalized spacial score (nSPS) is 14.9. The molecule has 174 valence electrons. The molecular formula is C26H23F2N3O3. The Morgan fingerprint density at radius 3 is 2.59 bits per heavy atom. The summed E-state index contributed by atoms with van der Waals surface area (Å²) in [6.07, 6.45) is 0. The number of carbonyl (C=O) groups is 1. The Labute approximate surface area is 194 Å². The van der Waals surface area contributed by atoms with Crippen LogP contribution in [0.2, 0.25) is 0 Å². The monoisotopic (exact) mass is 463 g/mol. The van der Waals surface area contributed by atoms with Crippen molar-refractivity contribution in [2.24, 2.45) is 0 Å². The molecular weight excluding hydrogens is 440 g/mol. The van der Waals surface area contributed by atoms with E-state index in [9.17, 15) is 18.7 Å². The van der Waals surface area contributed by atoms with Crippen LogP contribution in [0.4, 0.5) is 8.78 Å². The minimum absolute atomic E-state index is 0.0905. The highest BCUT2D eigenvalue weighted by Crippen LogP contribution is 2.37. The van der Waals surface area contributed by atoms with Crippen LogP contribution in [0, 0.1) is 18.6 Å². The van der Waals surface area contributed by atoms with Gasteiger partial charge in [-0.2, -0.15) is 5.10 Å². The second kappa shape index (κ2) is 8.13. The number of phenolic OH excluding ortho intramolecular Hbond substituents is 1. The van der Waals surface area contributed by atoms with Gasteiger partial charge in [-0.25, -0.2) is 13.3 Å². The van der Waals surface area contributed by atoms with E-state index in [1.54, 1.807) is 35.7 Å². The number of pyridine rings is 1. The molecule has 34 heavy (non-hydrogen) atoms. The number of phenols is 1. The van der Waals surface area contributed by atoms with Gasteiger partial charge in [0.2, 0.25) is 0 Å². The van der Waals surface area contributed by atoms with Gasteiger partial charge in [-0.05, 0) is 55.3 Å². The SMILES string of the molecule is Cc1nn2c(C(C)C)c(C(=O)NC3COc4ccc(O)cc43)ccc2c1-c1c(F)cccc1F. The molecule has 2 aromatic heterocycles. The zero-order valence-electron chi connectivity index (χ0n) is 18.9. The molecule has 0 aliphatic carbocycles. The van der Waals surface area contributed by atoms with Crippen LogP contribution in [0.25, 0.3) is 16.6 Å². The van der Waals surface area contributed by atoms with E-state index >= 15 is 0 Å². The molecule has 1 unspecified atom stereocenters. The lowest BCUT2D eigenvalue weighted by Crippen LogP contribution is -2.31. The van der Waals surface area contributed by atoms with Gasteiger partial charge in [0.05, 0.1) is 34.1 Å². The Bertz CT molecular complexity index is 1420. The number of aryl methyl sites for hydroxylation is 1. The molecule has 0 fully saturated rings. The zero-order chi connectivity index (χ0) is 24.1. The predicted molar refractivity (Wildman–Crippen MR) is 123 cm³/mol. The summed E-state index contributed by atoms with van der Waals surface area (Å²) in [5.74, 6) is -1.09. The number of amides is 1. The maximum absolute atomic E-state index is 14.6. The average Bonchev–Trinajstić information content (AvgIpc) is 3.33. The molecule has 0 saturated carbocycles. The van der Waals surface area contributed by atoms with Gasteiger partial charge in [0.25, 0.3) is 5.91 Å². The third kappa shape index (κ3) is 3.46. The highest BCUT2D eigenvalue weighted by Gasteiger charge is 2.29. The molecule has 0 bridgehead atoms. The van der Waals surface area contributed by atoms with E-state index in [0.717, 1.165) is 0 Å². The lowest BCUT2D eigenvalue weighted by Gasteiger charge is -2.17. The zero-order valence-corrected chi connectivity index (χ0v) is 18.9. The molecule has 2 aromatic carbocycles. The first-order valence-electron chi connectivity index (χ1n) is 11.0. The number of nitrogens with one attached hydrogen (secondary N) is 1. The summed E-state index contributed by atoms with van der Waals surface area (Å²) in [7, 11) is 0.